The molecule has 4 aliphatic rings. The van der Waals surface area contributed by atoms with Gasteiger partial charge in [-0.3, -0.25) is 9.69 Å². The largest absolute Gasteiger partial charge is 0.489 e. The van der Waals surface area contributed by atoms with E-state index in [1.807, 2.05) is 54.6 Å². The fourth-order valence-corrected chi connectivity index (χ4v) is 8.23. The molecule has 0 saturated carbocycles. The number of methoxy groups -OCH3 is 1. The lowest BCUT2D eigenvalue weighted by Crippen LogP contribution is -2.52. The summed E-state index contributed by atoms with van der Waals surface area (Å²) in [6, 6.07) is 22.6. The average molecular weight is 634 g/mol. The molecule has 3 unspecified atom stereocenters. The first kappa shape index (κ1) is 31.1. The highest BCUT2D eigenvalue weighted by Crippen LogP contribution is 2.31. The van der Waals surface area contributed by atoms with Crippen LogP contribution in [0.25, 0.3) is 0 Å². The summed E-state index contributed by atoms with van der Waals surface area (Å²) in [6.45, 7) is 3.43. The van der Waals surface area contributed by atoms with Crippen molar-refractivity contribution in [1.82, 2.24) is 14.5 Å². The van der Waals surface area contributed by atoms with Gasteiger partial charge in [-0.15, -0.1) is 0 Å². The summed E-state index contributed by atoms with van der Waals surface area (Å²) in [7, 11) is -2.58. The summed E-state index contributed by atoms with van der Waals surface area (Å²) in [4.78, 5) is 27.7. The molecule has 1 amide bonds. The van der Waals surface area contributed by atoms with Crippen LogP contribution in [-0.2, 0) is 30.9 Å². The second-order valence-corrected chi connectivity index (χ2v) is 13.8. The van der Waals surface area contributed by atoms with Crippen molar-refractivity contribution in [2.24, 2.45) is 5.92 Å². The minimum atomic E-state index is -3.85. The zero-order valence-electron chi connectivity index (χ0n) is 25.3. The van der Waals surface area contributed by atoms with Crippen LogP contribution in [0.15, 0.2) is 83.8 Å². The topological polar surface area (TPSA) is 114 Å². The van der Waals surface area contributed by atoms with Gasteiger partial charge >= 0.3 is 12.1 Å². The van der Waals surface area contributed by atoms with Gasteiger partial charge in [-0.2, -0.15) is 4.31 Å². The second kappa shape index (κ2) is 13.6. The lowest BCUT2D eigenvalue weighted by Gasteiger charge is -2.43. The van der Waals surface area contributed by atoms with Crippen molar-refractivity contribution in [3.8, 4) is 5.75 Å². The number of benzene rings is 3. The van der Waals surface area contributed by atoms with E-state index in [0.29, 0.717) is 24.5 Å². The Morgan fingerprint density at radius 1 is 0.911 bits per heavy atom. The van der Waals surface area contributed by atoms with Gasteiger partial charge in [0.25, 0.3) is 0 Å². The van der Waals surface area contributed by atoms with Gasteiger partial charge in [0.2, 0.25) is 10.0 Å². The Labute approximate surface area is 264 Å². The molecule has 4 saturated heterocycles. The smallest absolute Gasteiger partial charge is 0.408 e. The molecule has 7 rings (SSSR count). The predicted octanol–water partition coefficient (Wildman–Crippen LogP) is 4.50. The Kier molecular flexibility index (Phi) is 9.39. The Balaban J connectivity index is 1.12. The first-order chi connectivity index (χ1) is 21.8. The number of esters is 1. The number of ether oxygens (including phenoxy) is 3. The Hall–Kier alpha value is -3.93. The lowest BCUT2D eigenvalue weighted by molar-refractivity contribution is -0.144. The Morgan fingerprint density at radius 3 is 2.33 bits per heavy atom. The van der Waals surface area contributed by atoms with Gasteiger partial charge in [0.05, 0.1) is 18.0 Å². The quantitative estimate of drug-likeness (QED) is 0.325. The third-order valence-electron chi connectivity index (χ3n) is 9.05. The minimum Gasteiger partial charge on any atom is -0.489 e. The molecule has 0 aliphatic carbocycles. The molecule has 4 heterocycles. The van der Waals surface area contributed by atoms with Crippen LogP contribution < -0.4 is 10.1 Å². The predicted molar refractivity (Wildman–Crippen MR) is 167 cm³/mol. The van der Waals surface area contributed by atoms with E-state index in [1.54, 1.807) is 12.1 Å². The van der Waals surface area contributed by atoms with Crippen LogP contribution in [-0.4, -0.2) is 75.1 Å². The molecule has 4 fully saturated rings. The fraction of sp³-hybridized carbons (Fsp3) is 0.412. The maximum atomic E-state index is 13.2. The van der Waals surface area contributed by atoms with Crippen LogP contribution in [0.1, 0.15) is 48.4 Å². The van der Waals surface area contributed by atoms with Crippen molar-refractivity contribution < 1.29 is 32.2 Å². The number of carbonyl (C=O) groups is 2. The maximum absolute atomic E-state index is 13.2. The number of fused-ring (bicyclic) bond motifs is 3. The number of nitrogens with one attached hydrogen (secondary N) is 1. The lowest BCUT2D eigenvalue weighted by atomic mass is 9.86. The third kappa shape index (κ3) is 7.00. The van der Waals surface area contributed by atoms with Crippen LogP contribution >= 0.6 is 0 Å². The van der Waals surface area contributed by atoms with Gasteiger partial charge in [0.1, 0.15) is 24.5 Å². The van der Waals surface area contributed by atoms with Gasteiger partial charge in [0, 0.05) is 13.1 Å². The van der Waals surface area contributed by atoms with Gasteiger partial charge in [0.15, 0.2) is 0 Å². The van der Waals surface area contributed by atoms with Crippen molar-refractivity contribution in [3.63, 3.8) is 0 Å². The van der Waals surface area contributed by atoms with Crippen molar-refractivity contribution in [3.05, 3.63) is 95.6 Å². The van der Waals surface area contributed by atoms with Crippen LogP contribution in [0.5, 0.6) is 5.75 Å². The number of amides is 1. The van der Waals surface area contributed by atoms with E-state index in [4.69, 9.17) is 14.2 Å². The van der Waals surface area contributed by atoms with Crippen molar-refractivity contribution >= 4 is 22.1 Å². The van der Waals surface area contributed by atoms with E-state index in [1.165, 1.54) is 23.5 Å². The van der Waals surface area contributed by atoms with Gasteiger partial charge in [-0.1, -0.05) is 54.6 Å². The zero-order chi connectivity index (χ0) is 31.4. The van der Waals surface area contributed by atoms with Gasteiger partial charge < -0.3 is 19.5 Å². The molecule has 2 bridgehead atoms. The number of carbonyl (C=O) groups excluding carboxylic acids is 2. The number of piperidine rings is 3. The summed E-state index contributed by atoms with van der Waals surface area (Å²) in [5.74, 6) is 0.480. The maximum Gasteiger partial charge on any atom is 0.408 e. The number of hydrogen-bond donors (Lipinski definition) is 1. The van der Waals surface area contributed by atoms with Crippen LogP contribution in [0, 0.1) is 5.92 Å². The Morgan fingerprint density at radius 2 is 1.64 bits per heavy atom. The highest BCUT2D eigenvalue weighted by molar-refractivity contribution is 7.89. The first-order valence-corrected chi connectivity index (χ1v) is 16.9. The molecule has 0 aromatic heterocycles. The standard InChI is InChI=1S/C34H39N3O7S/c1-42-33(38)30-11-6-18-37(30)45(40,41)29-14-12-24(13-15-29)23-43-28-10-5-9-27(21-28)32(26-7-3-2-4-8-26)35-34(39)44-31-22-36-19-16-25(31)17-20-36/h2-5,7-10,12-15,21,25,30-32H,6,11,16-20,22-23H2,1H3,(H,35,39). The molecule has 11 heteroatoms. The molecule has 45 heavy (non-hydrogen) atoms. The Bertz CT molecular complexity index is 1590. The van der Waals surface area contributed by atoms with E-state index in [2.05, 4.69) is 10.2 Å². The van der Waals surface area contributed by atoms with Crippen LogP contribution in [0.3, 0.4) is 0 Å². The summed E-state index contributed by atoms with van der Waals surface area (Å²) < 4.78 is 44.5. The van der Waals surface area contributed by atoms with E-state index in [9.17, 15) is 18.0 Å². The third-order valence-corrected chi connectivity index (χ3v) is 11.0. The molecule has 1 N–H and O–H groups in total. The van der Waals surface area contributed by atoms with Crippen molar-refractivity contribution in [1.29, 1.82) is 0 Å². The van der Waals surface area contributed by atoms with Crippen molar-refractivity contribution in [2.45, 2.75) is 55.4 Å². The molecule has 10 nitrogen and oxygen atoms in total. The summed E-state index contributed by atoms with van der Waals surface area (Å²) in [5.41, 5.74) is 2.55. The number of nitrogens with zero attached hydrogens (tertiary/aromatic N) is 2. The number of rotatable bonds is 10. The minimum absolute atomic E-state index is 0.0930. The highest BCUT2D eigenvalue weighted by Gasteiger charge is 2.40. The molecule has 4 aliphatic heterocycles. The second-order valence-electron chi connectivity index (χ2n) is 11.9. The molecule has 3 aromatic carbocycles. The molecular weight excluding hydrogens is 594 g/mol. The number of hydrogen-bond acceptors (Lipinski definition) is 8. The van der Waals surface area contributed by atoms with Gasteiger partial charge in [-0.25, -0.2) is 13.2 Å². The molecule has 238 valence electrons. The molecular formula is C34H39N3O7S. The molecule has 3 atom stereocenters. The molecule has 3 aromatic rings. The molecule has 0 radical (unpaired) electrons. The van der Waals surface area contributed by atoms with Crippen LogP contribution in [0.2, 0.25) is 0 Å². The van der Waals surface area contributed by atoms with E-state index in [0.717, 1.165) is 49.2 Å². The normalized spacial score (nSPS) is 23.7. The molecule has 0 spiro atoms. The first-order valence-electron chi connectivity index (χ1n) is 15.5. The zero-order valence-corrected chi connectivity index (χ0v) is 26.2. The number of alkyl carbamates (subject to hydrolysis) is 1. The average Bonchev–Trinajstić information content (AvgIpc) is 3.59. The highest BCUT2D eigenvalue weighted by atomic mass is 32.2. The van der Waals surface area contributed by atoms with E-state index >= 15 is 0 Å². The van der Waals surface area contributed by atoms with E-state index < -0.39 is 34.2 Å². The van der Waals surface area contributed by atoms with Gasteiger partial charge in [-0.05, 0) is 85.6 Å². The van der Waals surface area contributed by atoms with Crippen molar-refractivity contribution in [2.75, 3.05) is 33.3 Å². The monoisotopic (exact) mass is 633 g/mol. The number of sulfonamides is 1. The van der Waals surface area contributed by atoms with Crippen LogP contribution in [0.4, 0.5) is 4.79 Å². The summed E-state index contributed by atoms with van der Waals surface area (Å²) in [5, 5.41) is 3.09. The summed E-state index contributed by atoms with van der Waals surface area (Å²) in [6.07, 6.45) is 2.64. The SMILES string of the molecule is COC(=O)C1CCCN1S(=O)(=O)c1ccc(COc2cccc(C(NC(=O)OC3CN4CCC3CC4)c3ccccc3)c2)cc1. The summed E-state index contributed by atoms with van der Waals surface area (Å²) >= 11 is 0. The fourth-order valence-electron chi connectivity index (χ4n) is 6.58. The van der Waals surface area contributed by atoms with E-state index in [-0.39, 0.29) is 24.2 Å².